The maximum Gasteiger partial charge on any atom is 0.248 e. The number of aromatic nitrogens is 3. The highest BCUT2D eigenvalue weighted by molar-refractivity contribution is 6.09. The normalized spacial score (nSPS) is 10.9. The number of carbonyl (C=O) groups is 1. The third kappa shape index (κ3) is 2.75. The summed E-state index contributed by atoms with van der Waals surface area (Å²) in [6, 6.07) is 14.9. The summed E-state index contributed by atoms with van der Waals surface area (Å²) >= 11 is 0. The van der Waals surface area contributed by atoms with Crippen LogP contribution in [0.5, 0.6) is 5.75 Å². The molecule has 136 valence electrons. The van der Waals surface area contributed by atoms with E-state index in [-0.39, 0.29) is 11.5 Å². The number of aryl methyl sites for hydroxylation is 1. The fourth-order valence-corrected chi connectivity index (χ4v) is 3.25. The molecule has 0 atom stereocenters. The molecule has 0 aliphatic rings. The molecule has 0 aliphatic carbocycles. The van der Waals surface area contributed by atoms with Crippen molar-refractivity contribution in [1.82, 2.24) is 14.1 Å². The molecule has 0 aliphatic heterocycles. The van der Waals surface area contributed by atoms with Gasteiger partial charge in [-0.25, -0.2) is 4.98 Å². The second-order valence-electron chi connectivity index (χ2n) is 6.20. The number of rotatable bonds is 5. The Bertz CT molecular complexity index is 1100. The van der Waals surface area contributed by atoms with Crippen molar-refractivity contribution < 1.29 is 13.9 Å². The van der Waals surface area contributed by atoms with Gasteiger partial charge in [-0.1, -0.05) is 12.1 Å². The van der Waals surface area contributed by atoms with Crippen LogP contribution < -0.4 is 4.74 Å². The number of nitrogens with zero attached hydrogens (tertiary/aromatic N) is 3. The average Bonchev–Trinajstić information content (AvgIpc) is 3.42. The van der Waals surface area contributed by atoms with E-state index in [9.17, 15) is 4.79 Å². The molecule has 0 unspecified atom stereocenters. The maximum absolute atomic E-state index is 13.1. The third-order valence-corrected chi connectivity index (χ3v) is 4.59. The molecular formula is C21H19N3O3. The van der Waals surface area contributed by atoms with Crippen LogP contribution in [0.15, 0.2) is 65.4 Å². The summed E-state index contributed by atoms with van der Waals surface area (Å²) in [6.45, 7) is 0. The van der Waals surface area contributed by atoms with E-state index in [0.29, 0.717) is 17.3 Å². The zero-order valence-electron chi connectivity index (χ0n) is 15.3. The van der Waals surface area contributed by atoms with Crippen LogP contribution in [0.3, 0.4) is 0 Å². The average molecular weight is 361 g/mol. The first-order chi connectivity index (χ1) is 13.1. The molecule has 3 heterocycles. The van der Waals surface area contributed by atoms with Gasteiger partial charge < -0.3 is 18.3 Å². The first-order valence-electron chi connectivity index (χ1n) is 8.52. The summed E-state index contributed by atoms with van der Waals surface area (Å²) in [7, 11) is 5.46. The smallest absolute Gasteiger partial charge is 0.248 e. The van der Waals surface area contributed by atoms with Crippen molar-refractivity contribution in [3.63, 3.8) is 0 Å². The molecule has 0 saturated heterocycles. The largest absolute Gasteiger partial charge is 0.496 e. The number of benzene rings is 1. The van der Waals surface area contributed by atoms with Crippen LogP contribution in [0.1, 0.15) is 16.2 Å². The molecule has 0 amide bonds. The predicted molar refractivity (Wildman–Crippen MR) is 102 cm³/mol. The first-order valence-corrected chi connectivity index (χ1v) is 8.52. The highest BCUT2D eigenvalue weighted by Gasteiger charge is 2.27. The van der Waals surface area contributed by atoms with Crippen LogP contribution in [-0.4, -0.2) is 27.0 Å². The number of ketones is 1. The molecule has 0 N–H and O–H groups in total. The zero-order chi connectivity index (χ0) is 19.0. The van der Waals surface area contributed by atoms with Crippen molar-refractivity contribution >= 4 is 5.78 Å². The van der Waals surface area contributed by atoms with Gasteiger partial charge in [0.05, 0.1) is 30.3 Å². The van der Waals surface area contributed by atoms with Gasteiger partial charge in [0.1, 0.15) is 17.3 Å². The van der Waals surface area contributed by atoms with Gasteiger partial charge in [-0.05, 0) is 36.4 Å². The fourth-order valence-electron chi connectivity index (χ4n) is 3.25. The van der Waals surface area contributed by atoms with Crippen molar-refractivity contribution in [2.45, 2.75) is 0 Å². The Kier molecular flexibility index (Phi) is 4.16. The van der Waals surface area contributed by atoms with Crippen molar-refractivity contribution in [2.75, 3.05) is 7.11 Å². The Morgan fingerprint density at radius 2 is 1.89 bits per heavy atom. The zero-order valence-corrected chi connectivity index (χ0v) is 15.3. The summed E-state index contributed by atoms with van der Waals surface area (Å²) < 4.78 is 14.7. The summed E-state index contributed by atoms with van der Waals surface area (Å²) in [5.41, 5.74) is 2.78. The quantitative estimate of drug-likeness (QED) is 0.505. The van der Waals surface area contributed by atoms with E-state index in [1.165, 1.54) is 6.26 Å². The predicted octanol–water partition coefficient (Wildman–Crippen LogP) is 3.93. The van der Waals surface area contributed by atoms with Crippen LogP contribution in [-0.2, 0) is 14.1 Å². The van der Waals surface area contributed by atoms with Gasteiger partial charge >= 0.3 is 0 Å². The molecule has 0 fully saturated rings. The van der Waals surface area contributed by atoms with Crippen molar-refractivity contribution in [3.8, 4) is 28.5 Å². The maximum atomic E-state index is 13.1. The highest BCUT2D eigenvalue weighted by Crippen LogP contribution is 2.34. The second-order valence-corrected chi connectivity index (χ2v) is 6.20. The molecular weight excluding hydrogens is 342 g/mol. The van der Waals surface area contributed by atoms with E-state index >= 15 is 0 Å². The van der Waals surface area contributed by atoms with E-state index in [1.54, 1.807) is 19.2 Å². The van der Waals surface area contributed by atoms with Gasteiger partial charge in [-0.3, -0.25) is 4.79 Å². The van der Waals surface area contributed by atoms with Gasteiger partial charge in [0, 0.05) is 20.3 Å². The lowest BCUT2D eigenvalue weighted by atomic mass is 10.1. The van der Waals surface area contributed by atoms with Crippen LogP contribution >= 0.6 is 0 Å². The molecule has 6 heteroatoms. The number of hydrogen-bond acceptors (Lipinski definition) is 4. The van der Waals surface area contributed by atoms with Crippen LogP contribution in [0.25, 0.3) is 22.8 Å². The van der Waals surface area contributed by atoms with E-state index in [2.05, 4.69) is 0 Å². The Labute approximate surface area is 156 Å². The topological polar surface area (TPSA) is 62.2 Å². The summed E-state index contributed by atoms with van der Waals surface area (Å²) in [5, 5.41) is 0. The fraction of sp³-hybridized carbons (Fsp3) is 0.143. The van der Waals surface area contributed by atoms with Gasteiger partial charge in [0.2, 0.25) is 5.78 Å². The number of furan rings is 1. The molecule has 4 aromatic rings. The van der Waals surface area contributed by atoms with Crippen LogP contribution in [0.4, 0.5) is 0 Å². The number of para-hydroxylation sites is 1. The molecule has 4 rings (SSSR count). The number of imidazole rings is 1. The third-order valence-electron chi connectivity index (χ3n) is 4.59. The molecule has 3 aromatic heterocycles. The van der Waals surface area contributed by atoms with Gasteiger partial charge in [0.15, 0.2) is 5.76 Å². The minimum atomic E-state index is -0.257. The van der Waals surface area contributed by atoms with E-state index in [4.69, 9.17) is 14.1 Å². The van der Waals surface area contributed by atoms with E-state index in [0.717, 1.165) is 17.0 Å². The first kappa shape index (κ1) is 16.9. The minimum absolute atomic E-state index is 0.257. The molecule has 1 aromatic carbocycles. The van der Waals surface area contributed by atoms with Crippen molar-refractivity contribution in [3.05, 3.63) is 72.4 Å². The molecule has 0 saturated carbocycles. The summed E-state index contributed by atoms with van der Waals surface area (Å²) in [6.07, 6.45) is 3.42. The van der Waals surface area contributed by atoms with E-state index < -0.39 is 0 Å². The number of hydrogen-bond donors (Lipinski definition) is 0. The molecule has 0 bridgehead atoms. The van der Waals surface area contributed by atoms with Crippen LogP contribution in [0, 0.1) is 0 Å². The van der Waals surface area contributed by atoms with Crippen molar-refractivity contribution in [1.29, 1.82) is 0 Å². The van der Waals surface area contributed by atoms with Gasteiger partial charge in [-0.2, -0.15) is 0 Å². The van der Waals surface area contributed by atoms with Gasteiger partial charge in [-0.15, -0.1) is 0 Å². The lowest BCUT2D eigenvalue weighted by Crippen LogP contribution is -2.05. The Morgan fingerprint density at radius 1 is 1.07 bits per heavy atom. The highest BCUT2D eigenvalue weighted by atomic mass is 16.5. The number of carbonyl (C=O) groups excluding carboxylic acids is 1. The standard InChI is InChI=1S/C21H19N3O3/c1-23-12-6-9-15(23)19-18(20(25)17-11-7-13-27-17)22-21(24(19)2)14-8-4-5-10-16(14)26-3/h4-13H,1-3H3. The molecule has 0 spiro atoms. The Hall–Kier alpha value is -3.54. The Balaban J connectivity index is 1.98. The lowest BCUT2D eigenvalue weighted by molar-refractivity contribution is 0.101. The van der Waals surface area contributed by atoms with Crippen molar-refractivity contribution in [2.24, 2.45) is 14.1 Å². The summed E-state index contributed by atoms with van der Waals surface area (Å²) in [4.78, 5) is 17.8. The molecule has 0 radical (unpaired) electrons. The Morgan fingerprint density at radius 3 is 2.56 bits per heavy atom. The number of methoxy groups -OCH3 is 1. The molecule has 6 nitrogen and oxygen atoms in total. The second kappa shape index (κ2) is 6.64. The monoisotopic (exact) mass is 361 g/mol. The van der Waals surface area contributed by atoms with Gasteiger partial charge in [0.25, 0.3) is 0 Å². The lowest BCUT2D eigenvalue weighted by Gasteiger charge is -2.10. The van der Waals surface area contributed by atoms with E-state index in [1.807, 2.05) is 65.8 Å². The summed E-state index contributed by atoms with van der Waals surface area (Å²) in [5.74, 6) is 1.35. The van der Waals surface area contributed by atoms with Crippen LogP contribution in [0.2, 0.25) is 0 Å². The SMILES string of the molecule is COc1ccccc1-c1nc(C(=O)c2ccco2)c(-c2cccn2C)n1C. The number of ether oxygens (including phenoxy) is 1. The minimum Gasteiger partial charge on any atom is -0.496 e. The molecule has 27 heavy (non-hydrogen) atoms.